The Labute approximate surface area is 78.6 Å². The Morgan fingerprint density at radius 2 is 2.08 bits per heavy atom. The standard InChI is InChI=1S/C10H16O3/c1-2-11-8-9-12-7-5-10-4-3-6-13-10/h3-4,6H,2,5,7-9H2,1H3. The molecule has 0 saturated carbocycles. The number of furan rings is 1. The summed E-state index contributed by atoms with van der Waals surface area (Å²) in [7, 11) is 0. The van der Waals surface area contributed by atoms with Crippen LogP contribution in [0.4, 0.5) is 0 Å². The van der Waals surface area contributed by atoms with Crippen LogP contribution >= 0.6 is 0 Å². The van der Waals surface area contributed by atoms with Crippen molar-refractivity contribution in [3.8, 4) is 0 Å². The fourth-order valence-electron chi connectivity index (χ4n) is 0.992. The van der Waals surface area contributed by atoms with E-state index < -0.39 is 0 Å². The quantitative estimate of drug-likeness (QED) is 0.606. The van der Waals surface area contributed by atoms with E-state index in [1.54, 1.807) is 6.26 Å². The van der Waals surface area contributed by atoms with Crippen molar-refractivity contribution in [2.24, 2.45) is 0 Å². The third-order valence-electron chi connectivity index (χ3n) is 1.65. The Morgan fingerprint density at radius 1 is 1.23 bits per heavy atom. The molecule has 0 spiro atoms. The van der Waals surface area contributed by atoms with Gasteiger partial charge in [0, 0.05) is 13.0 Å². The molecule has 13 heavy (non-hydrogen) atoms. The van der Waals surface area contributed by atoms with Crippen molar-refractivity contribution in [2.45, 2.75) is 13.3 Å². The van der Waals surface area contributed by atoms with E-state index in [4.69, 9.17) is 13.9 Å². The average Bonchev–Trinajstić information content (AvgIpc) is 2.63. The molecule has 0 atom stereocenters. The molecule has 1 heterocycles. The molecule has 0 aromatic carbocycles. The van der Waals surface area contributed by atoms with E-state index in [-0.39, 0.29) is 0 Å². The molecular weight excluding hydrogens is 168 g/mol. The van der Waals surface area contributed by atoms with Gasteiger partial charge in [0.15, 0.2) is 0 Å². The summed E-state index contributed by atoms with van der Waals surface area (Å²) in [6, 6.07) is 3.83. The van der Waals surface area contributed by atoms with Gasteiger partial charge in [-0.05, 0) is 19.1 Å². The Balaban J connectivity index is 1.90. The normalized spacial score (nSPS) is 10.5. The Bertz CT molecular complexity index is 194. The third-order valence-corrected chi connectivity index (χ3v) is 1.65. The highest BCUT2D eigenvalue weighted by molar-refractivity contribution is 4.97. The van der Waals surface area contributed by atoms with Crippen molar-refractivity contribution >= 4 is 0 Å². The zero-order valence-corrected chi connectivity index (χ0v) is 7.99. The van der Waals surface area contributed by atoms with Gasteiger partial charge in [-0.3, -0.25) is 0 Å². The van der Waals surface area contributed by atoms with Crippen molar-refractivity contribution in [1.82, 2.24) is 0 Å². The van der Waals surface area contributed by atoms with Gasteiger partial charge in [0.05, 0.1) is 26.1 Å². The highest BCUT2D eigenvalue weighted by atomic mass is 16.5. The van der Waals surface area contributed by atoms with Gasteiger partial charge in [0.25, 0.3) is 0 Å². The number of hydrogen-bond donors (Lipinski definition) is 0. The van der Waals surface area contributed by atoms with Crippen LogP contribution in [0.3, 0.4) is 0 Å². The van der Waals surface area contributed by atoms with Crippen LogP contribution in [0.2, 0.25) is 0 Å². The molecule has 0 radical (unpaired) electrons. The highest BCUT2D eigenvalue weighted by Crippen LogP contribution is 2.00. The molecule has 0 amide bonds. The lowest BCUT2D eigenvalue weighted by molar-refractivity contribution is 0.0529. The molecule has 0 aliphatic heterocycles. The van der Waals surface area contributed by atoms with Crippen LogP contribution in [0, 0.1) is 0 Å². The molecule has 1 aromatic heterocycles. The Hall–Kier alpha value is -0.800. The Kier molecular flexibility index (Phi) is 5.29. The number of ether oxygens (including phenoxy) is 2. The molecule has 3 heteroatoms. The minimum Gasteiger partial charge on any atom is -0.469 e. The molecule has 1 aromatic rings. The van der Waals surface area contributed by atoms with Crippen LogP contribution in [-0.2, 0) is 15.9 Å². The van der Waals surface area contributed by atoms with Crippen molar-refractivity contribution < 1.29 is 13.9 Å². The van der Waals surface area contributed by atoms with Gasteiger partial charge in [0.1, 0.15) is 5.76 Å². The van der Waals surface area contributed by atoms with E-state index in [1.807, 2.05) is 19.1 Å². The van der Waals surface area contributed by atoms with E-state index >= 15 is 0 Å². The lowest BCUT2D eigenvalue weighted by Gasteiger charge is -2.02. The summed E-state index contributed by atoms with van der Waals surface area (Å²) in [4.78, 5) is 0. The van der Waals surface area contributed by atoms with E-state index in [0.29, 0.717) is 19.8 Å². The molecule has 0 saturated heterocycles. The van der Waals surface area contributed by atoms with Gasteiger partial charge in [-0.2, -0.15) is 0 Å². The molecule has 3 nitrogen and oxygen atoms in total. The van der Waals surface area contributed by atoms with Crippen LogP contribution in [0.5, 0.6) is 0 Å². The predicted octanol–water partition coefficient (Wildman–Crippen LogP) is 1.88. The first-order valence-electron chi connectivity index (χ1n) is 4.61. The molecule has 0 aliphatic carbocycles. The lowest BCUT2D eigenvalue weighted by Crippen LogP contribution is -2.06. The molecule has 0 bridgehead atoms. The average molecular weight is 184 g/mol. The summed E-state index contributed by atoms with van der Waals surface area (Å²) >= 11 is 0. The van der Waals surface area contributed by atoms with Gasteiger partial charge in [0.2, 0.25) is 0 Å². The van der Waals surface area contributed by atoms with Gasteiger partial charge in [-0.15, -0.1) is 0 Å². The Morgan fingerprint density at radius 3 is 2.77 bits per heavy atom. The second kappa shape index (κ2) is 6.69. The van der Waals surface area contributed by atoms with Crippen LogP contribution in [0.25, 0.3) is 0 Å². The molecule has 0 aliphatic rings. The molecule has 0 fully saturated rings. The SMILES string of the molecule is CCOCCOCCc1ccco1. The second-order valence-electron chi connectivity index (χ2n) is 2.64. The van der Waals surface area contributed by atoms with Crippen LogP contribution in [0.15, 0.2) is 22.8 Å². The maximum absolute atomic E-state index is 5.32. The van der Waals surface area contributed by atoms with E-state index in [1.165, 1.54) is 0 Å². The number of hydrogen-bond acceptors (Lipinski definition) is 3. The zero-order chi connectivity index (χ0) is 9.36. The van der Waals surface area contributed by atoms with Gasteiger partial charge in [-0.25, -0.2) is 0 Å². The summed E-state index contributed by atoms with van der Waals surface area (Å²) in [5.74, 6) is 0.969. The van der Waals surface area contributed by atoms with Crippen molar-refractivity contribution in [2.75, 3.05) is 26.4 Å². The summed E-state index contributed by atoms with van der Waals surface area (Å²) < 4.78 is 15.6. The summed E-state index contributed by atoms with van der Waals surface area (Å²) in [5.41, 5.74) is 0. The smallest absolute Gasteiger partial charge is 0.106 e. The molecule has 1 rings (SSSR count). The minimum atomic E-state index is 0.661. The van der Waals surface area contributed by atoms with Crippen molar-refractivity contribution in [3.63, 3.8) is 0 Å². The number of rotatable bonds is 7. The first-order chi connectivity index (χ1) is 6.43. The summed E-state index contributed by atoms with van der Waals surface area (Å²) in [6.07, 6.45) is 2.51. The van der Waals surface area contributed by atoms with E-state index in [0.717, 1.165) is 18.8 Å². The fourth-order valence-corrected chi connectivity index (χ4v) is 0.992. The first-order valence-corrected chi connectivity index (χ1v) is 4.61. The van der Waals surface area contributed by atoms with Crippen molar-refractivity contribution in [1.29, 1.82) is 0 Å². The maximum atomic E-state index is 5.32. The van der Waals surface area contributed by atoms with Crippen LogP contribution in [-0.4, -0.2) is 26.4 Å². The van der Waals surface area contributed by atoms with Gasteiger partial charge in [-0.1, -0.05) is 0 Å². The highest BCUT2D eigenvalue weighted by Gasteiger charge is 1.94. The zero-order valence-electron chi connectivity index (χ0n) is 7.99. The van der Waals surface area contributed by atoms with Gasteiger partial charge >= 0.3 is 0 Å². The first kappa shape index (κ1) is 10.3. The topological polar surface area (TPSA) is 31.6 Å². The van der Waals surface area contributed by atoms with Crippen LogP contribution in [0.1, 0.15) is 12.7 Å². The molecular formula is C10H16O3. The fraction of sp³-hybridized carbons (Fsp3) is 0.600. The molecule has 74 valence electrons. The largest absolute Gasteiger partial charge is 0.469 e. The third kappa shape index (κ3) is 4.70. The minimum absolute atomic E-state index is 0.661. The summed E-state index contributed by atoms with van der Waals surface area (Å²) in [6.45, 7) is 4.76. The van der Waals surface area contributed by atoms with E-state index in [2.05, 4.69) is 0 Å². The molecule has 0 unspecified atom stereocenters. The van der Waals surface area contributed by atoms with Gasteiger partial charge < -0.3 is 13.9 Å². The summed E-state index contributed by atoms with van der Waals surface area (Å²) in [5, 5.41) is 0. The van der Waals surface area contributed by atoms with Crippen LogP contribution < -0.4 is 0 Å². The monoisotopic (exact) mass is 184 g/mol. The van der Waals surface area contributed by atoms with E-state index in [9.17, 15) is 0 Å². The lowest BCUT2D eigenvalue weighted by atomic mass is 10.3. The predicted molar refractivity (Wildman–Crippen MR) is 49.7 cm³/mol. The molecule has 0 N–H and O–H groups in total. The second-order valence-corrected chi connectivity index (χ2v) is 2.64. The van der Waals surface area contributed by atoms with Crippen molar-refractivity contribution in [3.05, 3.63) is 24.2 Å². The maximum Gasteiger partial charge on any atom is 0.106 e.